The number of piperidine rings is 1. The molecule has 0 saturated carbocycles. The Morgan fingerprint density at radius 1 is 1.52 bits per heavy atom. The van der Waals surface area contributed by atoms with Crippen molar-refractivity contribution in [2.45, 2.75) is 38.4 Å². The standard InChI is InChI=1S/C14H21N3O4/c1-9-15-14(16-21-9)11-7-10-3-5-17(8-12(10)20-11)13(18)4-6-19-2/h10-12H,3-8H2,1-2H3/t10-,11+,12+/m1/s1. The first kappa shape index (κ1) is 14.5. The Morgan fingerprint density at radius 3 is 3.10 bits per heavy atom. The van der Waals surface area contributed by atoms with E-state index in [0.29, 0.717) is 37.2 Å². The van der Waals surface area contributed by atoms with Crippen molar-refractivity contribution in [2.24, 2.45) is 5.92 Å². The molecule has 116 valence electrons. The van der Waals surface area contributed by atoms with Crippen LogP contribution in [0.1, 0.15) is 37.1 Å². The molecular weight excluding hydrogens is 274 g/mol. The molecule has 2 saturated heterocycles. The summed E-state index contributed by atoms with van der Waals surface area (Å²) in [4.78, 5) is 18.2. The molecule has 0 bridgehead atoms. The molecule has 2 aliphatic heterocycles. The van der Waals surface area contributed by atoms with Crippen LogP contribution in [0.4, 0.5) is 0 Å². The van der Waals surface area contributed by atoms with Crippen LogP contribution in [0.3, 0.4) is 0 Å². The molecule has 0 radical (unpaired) electrons. The number of carbonyl (C=O) groups excluding carboxylic acids is 1. The van der Waals surface area contributed by atoms with Crippen molar-refractivity contribution in [1.82, 2.24) is 15.0 Å². The Morgan fingerprint density at radius 2 is 2.38 bits per heavy atom. The Kier molecular flexibility index (Phi) is 4.21. The van der Waals surface area contributed by atoms with E-state index in [2.05, 4.69) is 10.1 Å². The van der Waals surface area contributed by atoms with Gasteiger partial charge in [0.15, 0.2) is 0 Å². The summed E-state index contributed by atoms with van der Waals surface area (Å²) in [6.45, 7) is 3.69. The SMILES string of the molecule is COCCC(=O)N1CC[C@@H]2C[C@@H](c3noc(C)n3)O[C@H]2C1. The van der Waals surface area contributed by atoms with E-state index in [4.69, 9.17) is 14.0 Å². The molecule has 0 unspecified atom stereocenters. The zero-order valence-corrected chi connectivity index (χ0v) is 12.4. The van der Waals surface area contributed by atoms with E-state index < -0.39 is 0 Å². The van der Waals surface area contributed by atoms with Crippen LogP contribution >= 0.6 is 0 Å². The van der Waals surface area contributed by atoms with Crippen molar-refractivity contribution in [2.75, 3.05) is 26.8 Å². The van der Waals surface area contributed by atoms with Gasteiger partial charge in [-0.2, -0.15) is 4.98 Å². The first-order valence-corrected chi connectivity index (χ1v) is 7.39. The molecule has 7 heteroatoms. The number of rotatable bonds is 4. The normalized spacial score (nSPS) is 28.7. The van der Waals surface area contributed by atoms with Crippen LogP contribution in [0, 0.1) is 12.8 Å². The summed E-state index contributed by atoms with van der Waals surface area (Å²) in [7, 11) is 1.61. The average molecular weight is 295 g/mol. The number of nitrogens with zero attached hydrogens (tertiary/aromatic N) is 3. The fourth-order valence-corrected chi connectivity index (χ4v) is 3.12. The summed E-state index contributed by atoms with van der Waals surface area (Å²) in [5.74, 6) is 1.79. The lowest BCUT2D eigenvalue weighted by Crippen LogP contribution is -2.45. The minimum Gasteiger partial charge on any atom is -0.384 e. The topological polar surface area (TPSA) is 77.7 Å². The summed E-state index contributed by atoms with van der Waals surface area (Å²) in [6.07, 6.45) is 2.28. The highest BCUT2D eigenvalue weighted by atomic mass is 16.5. The number of fused-ring (bicyclic) bond motifs is 1. The van der Waals surface area contributed by atoms with Gasteiger partial charge >= 0.3 is 0 Å². The van der Waals surface area contributed by atoms with E-state index in [0.717, 1.165) is 19.4 Å². The molecule has 3 rings (SSSR count). The van der Waals surface area contributed by atoms with Gasteiger partial charge in [0.05, 0.1) is 19.1 Å². The van der Waals surface area contributed by atoms with E-state index in [9.17, 15) is 4.79 Å². The van der Waals surface area contributed by atoms with E-state index >= 15 is 0 Å². The summed E-state index contributed by atoms with van der Waals surface area (Å²) in [6, 6.07) is 0. The van der Waals surface area contributed by atoms with E-state index in [-0.39, 0.29) is 18.1 Å². The smallest absolute Gasteiger partial charge is 0.224 e. The number of aromatic nitrogens is 2. The van der Waals surface area contributed by atoms with Crippen LogP contribution in [0.15, 0.2) is 4.52 Å². The molecule has 2 fully saturated rings. The van der Waals surface area contributed by atoms with Gasteiger partial charge in [0.1, 0.15) is 6.10 Å². The average Bonchev–Trinajstić information content (AvgIpc) is 3.09. The van der Waals surface area contributed by atoms with Gasteiger partial charge in [-0.05, 0) is 18.8 Å². The number of carbonyl (C=O) groups is 1. The Hall–Kier alpha value is -1.47. The van der Waals surface area contributed by atoms with Gasteiger partial charge < -0.3 is 18.9 Å². The van der Waals surface area contributed by atoms with Crippen LogP contribution < -0.4 is 0 Å². The largest absolute Gasteiger partial charge is 0.384 e. The summed E-state index contributed by atoms with van der Waals surface area (Å²) >= 11 is 0. The monoisotopic (exact) mass is 295 g/mol. The Labute approximate surface area is 123 Å². The lowest BCUT2D eigenvalue weighted by Gasteiger charge is -2.34. The fourth-order valence-electron chi connectivity index (χ4n) is 3.12. The van der Waals surface area contributed by atoms with Gasteiger partial charge in [0.2, 0.25) is 17.6 Å². The van der Waals surface area contributed by atoms with Crippen molar-refractivity contribution in [3.8, 4) is 0 Å². The second kappa shape index (κ2) is 6.11. The van der Waals surface area contributed by atoms with Gasteiger partial charge in [-0.25, -0.2) is 0 Å². The van der Waals surface area contributed by atoms with E-state index in [1.165, 1.54) is 0 Å². The number of aryl methyl sites for hydroxylation is 1. The summed E-state index contributed by atoms with van der Waals surface area (Å²) in [5, 5.41) is 3.94. The highest BCUT2D eigenvalue weighted by Crippen LogP contribution is 2.40. The molecule has 1 aromatic rings. The maximum absolute atomic E-state index is 12.1. The highest BCUT2D eigenvalue weighted by Gasteiger charge is 2.42. The molecule has 0 aromatic carbocycles. The molecule has 2 aliphatic rings. The third-order valence-corrected chi connectivity index (χ3v) is 4.26. The third kappa shape index (κ3) is 3.08. The molecule has 21 heavy (non-hydrogen) atoms. The highest BCUT2D eigenvalue weighted by molar-refractivity contribution is 5.76. The van der Waals surface area contributed by atoms with Crippen molar-refractivity contribution in [3.63, 3.8) is 0 Å². The van der Waals surface area contributed by atoms with Gasteiger partial charge in [0, 0.05) is 27.1 Å². The van der Waals surface area contributed by atoms with Crippen LogP contribution in [0.25, 0.3) is 0 Å². The Bertz CT molecular complexity index is 504. The lowest BCUT2D eigenvalue weighted by molar-refractivity contribution is -0.136. The van der Waals surface area contributed by atoms with Crippen molar-refractivity contribution in [3.05, 3.63) is 11.7 Å². The molecule has 0 aliphatic carbocycles. The molecule has 1 aromatic heterocycles. The molecule has 3 heterocycles. The Balaban J connectivity index is 1.58. The first-order chi connectivity index (χ1) is 10.2. The zero-order valence-electron chi connectivity index (χ0n) is 12.4. The summed E-state index contributed by atoms with van der Waals surface area (Å²) in [5.41, 5.74) is 0. The van der Waals surface area contributed by atoms with Crippen LogP contribution in [-0.4, -0.2) is 53.9 Å². The van der Waals surface area contributed by atoms with Gasteiger partial charge in [0.25, 0.3) is 0 Å². The maximum atomic E-state index is 12.1. The molecule has 3 atom stereocenters. The zero-order chi connectivity index (χ0) is 14.8. The minimum atomic E-state index is -0.105. The molecule has 1 amide bonds. The predicted octanol–water partition coefficient (Wildman–Crippen LogP) is 1.09. The van der Waals surface area contributed by atoms with E-state index in [1.54, 1.807) is 14.0 Å². The van der Waals surface area contributed by atoms with Gasteiger partial charge in [-0.1, -0.05) is 5.16 Å². The molecule has 0 N–H and O–H groups in total. The quantitative estimate of drug-likeness (QED) is 0.827. The first-order valence-electron chi connectivity index (χ1n) is 7.39. The number of hydrogen-bond donors (Lipinski definition) is 0. The van der Waals surface area contributed by atoms with Crippen LogP contribution in [0.5, 0.6) is 0 Å². The molecular formula is C14H21N3O4. The molecule has 7 nitrogen and oxygen atoms in total. The van der Waals surface area contributed by atoms with Crippen molar-refractivity contribution < 1.29 is 18.8 Å². The van der Waals surface area contributed by atoms with Crippen LogP contribution in [0.2, 0.25) is 0 Å². The number of ether oxygens (including phenoxy) is 2. The molecule has 0 spiro atoms. The number of methoxy groups -OCH3 is 1. The van der Waals surface area contributed by atoms with E-state index in [1.807, 2.05) is 4.90 Å². The predicted molar refractivity (Wildman–Crippen MR) is 72.4 cm³/mol. The van der Waals surface area contributed by atoms with Gasteiger partial charge in [-0.15, -0.1) is 0 Å². The summed E-state index contributed by atoms with van der Waals surface area (Å²) < 4.78 is 16.0. The number of amides is 1. The fraction of sp³-hybridized carbons (Fsp3) is 0.786. The van der Waals surface area contributed by atoms with Crippen LogP contribution in [-0.2, 0) is 14.3 Å². The second-order valence-corrected chi connectivity index (χ2v) is 5.70. The number of hydrogen-bond acceptors (Lipinski definition) is 6. The third-order valence-electron chi connectivity index (χ3n) is 4.26. The second-order valence-electron chi connectivity index (χ2n) is 5.70. The minimum absolute atomic E-state index is 0.0778. The van der Waals surface area contributed by atoms with Crippen molar-refractivity contribution in [1.29, 1.82) is 0 Å². The van der Waals surface area contributed by atoms with Crippen molar-refractivity contribution >= 4 is 5.91 Å². The van der Waals surface area contributed by atoms with Gasteiger partial charge in [-0.3, -0.25) is 4.79 Å². The maximum Gasteiger partial charge on any atom is 0.224 e. The lowest BCUT2D eigenvalue weighted by atomic mass is 9.91. The number of likely N-dealkylation sites (tertiary alicyclic amines) is 1.